The van der Waals surface area contributed by atoms with Gasteiger partial charge in [-0.3, -0.25) is 0 Å². The van der Waals surface area contributed by atoms with Crippen LogP contribution in [0.2, 0.25) is 0 Å². The summed E-state index contributed by atoms with van der Waals surface area (Å²) in [5, 5.41) is 0. The third-order valence-corrected chi connectivity index (χ3v) is 2.62. The van der Waals surface area contributed by atoms with Crippen LogP contribution in [0.3, 0.4) is 0 Å². The summed E-state index contributed by atoms with van der Waals surface area (Å²) in [6.07, 6.45) is 0. The van der Waals surface area contributed by atoms with Gasteiger partial charge in [-0.2, -0.15) is 0 Å². The Kier molecular flexibility index (Phi) is 3.02. The average molecular weight is 215 g/mol. The Balaban J connectivity index is 2.60. The van der Waals surface area contributed by atoms with Crippen LogP contribution in [0.15, 0.2) is 48.5 Å². The topological polar surface area (TPSA) is 26.0 Å². The minimum atomic E-state index is -0.212. The van der Waals surface area contributed by atoms with Gasteiger partial charge in [0.2, 0.25) is 0 Å². The number of nitrogens with two attached hydrogens (primary N) is 1. The Bertz CT molecular complexity index is 492. The van der Waals surface area contributed by atoms with Crippen LogP contribution in [0.4, 0.5) is 4.39 Å². The van der Waals surface area contributed by atoms with Crippen molar-refractivity contribution >= 4 is 0 Å². The number of hydrogen-bond acceptors (Lipinski definition) is 1. The van der Waals surface area contributed by atoms with Crippen LogP contribution in [0.25, 0.3) is 11.1 Å². The lowest BCUT2D eigenvalue weighted by atomic mass is 9.96. The Morgan fingerprint density at radius 3 is 2.12 bits per heavy atom. The fourth-order valence-electron chi connectivity index (χ4n) is 1.82. The standard InChI is InChI=1S/C14H14FN/c1-10(16)11-6-2-3-7-12(11)13-8-4-5-9-14(13)15/h2-10H,16H2,1H3. The predicted octanol–water partition coefficient (Wildman–Crippen LogP) is 3.51. The van der Waals surface area contributed by atoms with Crippen molar-refractivity contribution in [3.63, 3.8) is 0 Å². The SMILES string of the molecule is CC(N)c1ccccc1-c1ccccc1F. The molecule has 0 saturated carbocycles. The van der Waals surface area contributed by atoms with Gasteiger partial charge in [-0.05, 0) is 24.1 Å². The predicted molar refractivity (Wildman–Crippen MR) is 64.4 cm³/mol. The zero-order valence-corrected chi connectivity index (χ0v) is 9.15. The van der Waals surface area contributed by atoms with Crippen molar-refractivity contribution < 1.29 is 4.39 Å². The second kappa shape index (κ2) is 4.45. The van der Waals surface area contributed by atoms with E-state index in [1.807, 2.05) is 37.3 Å². The minimum Gasteiger partial charge on any atom is -0.324 e. The van der Waals surface area contributed by atoms with Gasteiger partial charge in [-0.1, -0.05) is 42.5 Å². The molecule has 2 aromatic carbocycles. The van der Waals surface area contributed by atoms with E-state index in [1.165, 1.54) is 6.07 Å². The van der Waals surface area contributed by atoms with E-state index in [0.717, 1.165) is 11.1 Å². The molecule has 0 spiro atoms. The molecule has 0 aliphatic carbocycles. The van der Waals surface area contributed by atoms with Crippen LogP contribution in [0, 0.1) is 5.82 Å². The molecule has 2 rings (SSSR count). The third kappa shape index (κ3) is 1.97. The first-order valence-corrected chi connectivity index (χ1v) is 5.29. The van der Waals surface area contributed by atoms with Crippen LogP contribution < -0.4 is 5.73 Å². The van der Waals surface area contributed by atoms with Gasteiger partial charge >= 0.3 is 0 Å². The molecule has 0 aromatic heterocycles. The summed E-state index contributed by atoms with van der Waals surface area (Å²) in [5.74, 6) is -0.212. The van der Waals surface area contributed by atoms with Gasteiger partial charge < -0.3 is 5.73 Å². The number of halogens is 1. The molecule has 0 saturated heterocycles. The van der Waals surface area contributed by atoms with Crippen molar-refractivity contribution in [1.82, 2.24) is 0 Å². The van der Waals surface area contributed by atoms with Crippen LogP contribution in [0.1, 0.15) is 18.5 Å². The minimum absolute atomic E-state index is 0.101. The number of benzene rings is 2. The first-order chi connectivity index (χ1) is 7.70. The number of rotatable bonds is 2. The van der Waals surface area contributed by atoms with E-state index < -0.39 is 0 Å². The smallest absolute Gasteiger partial charge is 0.131 e. The molecule has 0 heterocycles. The van der Waals surface area contributed by atoms with Crippen LogP contribution in [-0.4, -0.2) is 0 Å². The fourth-order valence-corrected chi connectivity index (χ4v) is 1.82. The van der Waals surface area contributed by atoms with Gasteiger partial charge in [-0.15, -0.1) is 0 Å². The van der Waals surface area contributed by atoms with Gasteiger partial charge in [0.05, 0.1) is 0 Å². The van der Waals surface area contributed by atoms with E-state index in [1.54, 1.807) is 12.1 Å². The molecule has 0 fully saturated rings. The highest BCUT2D eigenvalue weighted by Crippen LogP contribution is 2.28. The van der Waals surface area contributed by atoms with Crippen LogP contribution in [0.5, 0.6) is 0 Å². The second-order valence-electron chi connectivity index (χ2n) is 3.86. The molecule has 1 atom stereocenters. The summed E-state index contributed by atoms with van der Waals surface area (Å²) in [6, 6.07) is 14.3. The summed E-state index contributed by atoms with van der Waals surface area (Å²) in [7, 11) is 0. The van der Waals surface area contributed by atoms with Crippen molar-refractivity contribution in [2.75, 3.05) is 0 Å². The summed E-state index contributed by atoms with van der Waals surface area (Å²) in [5.41, 5.74) is 8.32. The first-order valence-electron chi connectivity index (χ1n) is 5.29. The molecular weight excluding hydrogens is 201 g/mol. The molecule has 1 nitrogen and oxygen atoms in total. The summed E-state index contributed by atoms with van der Waals surface area (Å²) in [6.45, 7) is 1.90. The molecule has 2 heteroatoms. The molecule has 1 unspecified atom stereocenters. The van der Waals surface area contributed by atoms with E-state index in [4.69, 9.17) is 5.73 Å². The Labute approximate surface area is 94.7 Å². The third-order valence-electron chi connectivity index (χ3n) is 2.62. The normalized spacial score (nSPS) is 12.4. The molecule has 0 radical (unpaired) electrons. The van der Waals surface area contributed by atoms with Gasteiger partial charge in [0.15, 0.2) is 0 Å². The van der Waals surface area contributed by atoms with Crippen molar-refractivity contribution in [1.29, 1.82) is 0 Å². The van der Waals surface area contributed by atoms with Crippen molar-refractivity contribution in [2.45, 2.75) is 13.0 Å². The van der Waals surface area contributed by atoms with Gasteiger partial charge in [0, 0.05) is 11.6 Å². The molecule has 0 amide bonds. The maximum absolute atomic E-state index is 13.7. The first kappa shape index (κ1) is 10.8. The molecule has 16 heavy (non-hydrogen) atoms. The van der Waals surface area contributed by atoms with Gasteiger partial charge in [-0.25, -0.2) is 4.39 Å². The monoisotopic (exact) mass is 215 g/mol. The van der Waals surface area contributed by atoms with E-state index in [2.05, 4.69) is 0 Å². The molecule has 0 bridgehead atoms. The Morgan fingerprint density at radius 2 is 1.50 bits per heavy atom. The highest BCUT2D eigenvalue weighted by atomic mass is 19.1. The zero-order chi connectivity index (χ0) is 11.5. The van der Waals surface area contributed by atoms with Crippen molar-refractivity contribution in [3.05, 3.63) is 59.9 Å². The molecular formula is C14H14FN. The molecule has 0 aliphatic rings. The maximum atomic E-state index is 13.7. The zero-order valence-electron chi connectivity index (χ0n) is 9.15. The van der Waals surface area contributed by atoms with Gasteiger partial charge in [0.25, 0.3) is 0 Å². The van der Waals surface area contributed by atoms with E-state index in [9.17, 15) is 4.39 Å². The largest absolute Gasteiger partial charge is 0.324 e. The molecule has 0 aliphatic heterocycles. The lowest BCUT2D eigenvalue weighted by Crippen LogP contribution is -2.06. The molecule has 2 aromatic rings. The molecule has 2 N–H and O–H groups in total. The Morgan fingerprint density at radius 1 is 0.938 bits per heavy atom. The highest BCUT2D eigenvalue weighted by Gasteiger charge is 2.10. The summed E-state index contributed by atoms with van der Waals surface area (Å²) < 4.78 is 13.7. The van der Waals surface area contributed by atoms with Crippen molar-refractivity contribution in [2.24, 2.45) is 5.73 Å². The second-order valence-corrected chi connectivity index (χ2v) is 3.86. The van der Waals surface area contributed by atoms with Crippen molar-refractivity contribution in [3.8, 4) is 11.1 Å². The van der Waals surface area contributed by atoms with E-state index >= 15 is 0 Å². The highest BCUT2D eigenvalue weighted by molar-refractivity contribution is 5.68. The molecule has 82 valence electrons. The van der Waals surface area contributed by atoms with Crippen LogP contribution >= 0.6 is 0 Å². The van der Waals surface area contributed by atoms with E-state index in [0.29, 0.717) is 5.56 Å². The summed E-state index contributed by atoms with van der Waals surface area (Å²) in [4.78, 5) is 0. The average Bonchev–Trinajstić information content (AvgIpc) is 2.29. The lowest BCUT2D eigenvalue weighted by Gasteiger charge is -2.13. The fraction of sp³-hybridized carbons (Fsp3) is 0.143. The lowest BCUT2D eigenvalue weighted by molar-refractivity contribution is 0.631. The van der Waals surface area contributed by atoms with Crippen LogP contribution in [-0.2, 0) is 0 Å². The van der Waals surface area contributed by atoms with Gasteiger partial charge in [0.1, 0.15) is 5.82 Å². The summed E-state index contributed by atoms with van der Waals surface area (Å²) >= 11 is 0. The maximum Gasteiger partial charge on any atom is 0.131 e. The van der Waals surface area contributed by atoms with E-state index in [-0.39, 0.29) is 11.9 Å². The number of hydrogen-bond donors (Lipinski definition) is 1. The Hall–Kier alpha value is -1.67. The quantitative estimate of drug-likeness (QED) is 0.815.